The number of rotatable bonds is 7. The molecule has 0 aliphatic heterocycles. The van der Waals surface area contributed by atoms with Crippen LogP contribution in [0.15, 0.2) is 18.2 Å². The molecule has 0 aliphatic rings. The van der Waals surface area contributed by atoms with Gasteiger partial charge in [-0.2, -0.15) is 0 Å². The summed E-state index contributed by atoms with van der Waals surface area (Å²) in [5.41, 5.74) is 1.02. The fourth-order valence-electron chi connectivity index (χ4n) is 1.97. The lowest BCUT2D eigenvalue weighted by molar-refractivity contribution is 0.316. The number of hydrogen-bond acceptors (Lipinski definition) is 5. The maximum absolute atomic E-state index is 5.23. The zero-order chi connectivity index (χ0) is 13.7. The number of aromatic nitrogens is 1. The van der Waals surface area contributed by atoms with Crippen molar-refractivity contribution in [2.75, 3.05) is 38.6 Å². The van der Waals surface area contributed by atoms with Crippen LogP contribution in [0.5, 0.6) is 5.75 Å². The molecule has 0 radical (unpaired) electrons. The molecule has 2 aromatic rings. The number of benzene rings is 1. The largest absolute Gasteiger partial charge is 0.497 e. The summed E-state index contributed by atoms with van der Waals surface area (Å²) in [5, 5.41) is 4.38. The van der Waals surface area contributed by atoms with Gasteiger partial charge in [-0.15, -0.1) is 0 Å². The molecule has 0 fully saturated rings. The van der Waals surface area contributed by atoms with E-state index in [0.29, 0.717) is 0 Å². The van der Waals surface area contributed by atoms with Crippen molar-refractivity contribution in [1.29, 1.82) is 0 Å². The molecule has 1 aromatic carbocycles. The van der Waals surface area contributed by atoms with Gasteiger partial charge in [0.2, 0.25) is 0 Å². The van der Waals surface area contributed by atoms with Crippen LogP contribution in [0.1, 0.15) is 13.8 Å². The van der Waals surface area contributed by atoms with Crippen molar-refractivity contribution in [2.45, 2.75) is 13.8 Å². The molecule has 2 rings (SSSR count). The van der Waals surface area contributed by atoms with Gasteiger partial charge in [0, 0.05) is 13.1 Å². The van der Waals surface area contributed by atoms with E-state index in [9.17, 15) is 0 Å². The van der Waals surface area contributed by atoms with Crippen molar-refractivity contribution in [2.24, 2.45) is 0 Å². The number of nitrogens with zero attached hydrogens (tertiary/aromatic N) is 2. The van der Waals surface area contributed by atoms with Crippen LogP contribution in [0.25, 0.3) is 10.2 Å². The fraction of sp³-hybridized carbons (Fsp3) is 0.500. The number of nitrogens with one attached hydrogen (secondary N) is 1. The minimum atomic E-state index is 0.880. The molecule has 0 bridgehead atoms. The van der Waals surface area contributed by atoms with E-state index >= 15 is 0 Å². The number of likely N-dealkylation sites (N-methyl/N-ethyl adjacent to an activating group) is 1. The average molecular weight is 279 g/mol. The zero-order valence-electron chi connectivity index (χ0n) is 11.8. The smallest absolute Gasteiger partial charge is 0.183 e. The molecule has 0 spiro atoms. The topological polar surface area (TPSA) is 37.4 Å². The summed E-state index contributed by atoms with van der Waals surface area (Å²) in [4.78, 5) is 6.96. The summed E-state index contributed by atoms with van der Waals surface area (Å²) in [6.07, 6.45) is 0. The molecule has 0 saturated carbocycles. The predicted octanol–water partition coefficient (Wildman–Crippen LogP) is 3.06. The molecule has 1 aromatic heterocycles. The summed E-state index contributed by atoms with van der Waals surface area (Å²) in [5.74, 6) is 0.880. The number of methoxy groups -OCH3 is 1. The van der Waals surface area contributed by atoms with E-state index in [4.69, 9.17) is 4.74 Å². The lowest BCUT2D eigenvalue weighted by Crippen LogP contribution is -2.28. The van der Waals surface area contributed by atoms with Gasteiger partial charge in [0.25, 0.3) is 0 Å². The van der Waals surface area contributed by atoms with Crippen LogP contribution in [0.4, 0.5) is 5.13 Å². The van der Waals surface area contributed by atoms with Crippen molar-refractivity contribution in [1.82, 2.24) is 9.88 Å². The second kappa shape index (κ2) is 6.73. The van der Waals surface area contributed by atoms with Crippen molar-refractivity contribution in [3.05, 3.63) is 18.2 Å². The third-order valence-corrected chi connectivity index (χ3v) is 4.17. The van der Waals surface area contributed by atoms with E-state index in [0.717, 1.165) is 47.3 Å². The van der Waals surface area contributed by atoms with E-state index in [-0.39, 0.29) is 0 Å². The standard InChI is InChI=1S/C14H21N3OS/c1-4-17(5-2)9-8-15-14-16-12-7-6-11(18-3)10-13(12)19-14/h6-7,10H,4-5,8-9H2,1-3H3,(H,15,16). The minimum Gasteiger partial charge on any atom is -0.497 e. The Kier molecular flexibility index (Phi) is 4.99. The second-order valence-corrected chi connectivity index (χ2v) is 5.34. The maximum Gasteiger partial charge on any atom is 0.183 e. The average Bonchev–Trinajstić information content (AvgIpc) is 2.85. The fourth-order valence-corrected chi connectivity index (χ4v) is 2.89. The predicted molar refractivity (Wildman–Crippen MR) is 82.4 cm³/mol. The van der Waals surface area contributed by atoms with Crippen LogP contribution in [0, 0.1) is 0 Å². The Bertz CT molecular complexity index is 522. The van der Waals surface area contributed by atoms with Crippen LogP contribution in [0.2, 0.25) is 0 Å². The van der Waals surface area contributed by atoms with Gasteiger partial charge < -0.3 is 15.0 Å². The van der Waals surface area contributed by atoms with E-state index in [1.165, 1.54) is 0 Å². The normalized spacial score (nSPS) is 11.2. The molecule has 1 heterocycles. The van der Waals surface area contributed by atoms with Crippen molar-refractivity contribution in [3.8, 4) is 5.75 Å². The number of anilines is 1. The monoisotopic (exact) mass is 279 g/mol. The molecule has 0 amide bonds. The van der Waals surface area contributed by atoms with E-state index in [1.54, 1.807) is 18.4 Å². The SMILES string of the molecule is CCN(CC)CCNc1nc2ccc(OC)cc2s1. The number of ether oxygens (including phenoxy) is 1. The van der Waals surface area contributed by atoms with E-state index in [2.05, 4.69) is 29.0 Å². The van der Waals surface area contributed by atoms with Crippen LogP contribution < -0.4 is 10.1 Å². The van der Waals surface area contributed by atoms with Gasteiger partial charge in [-0.1, -0.05) is 25.2 Å². The van der Waals surface area contributed by atoms with E-state index in [1.807, 2.05) is 18.2 Å². The second-order valence-electron chi connectivity index (χ2n) is 4.31. The van der Waals surface area contributed by atoms with Gasteiger partial charge in [-0.25, -0.2) is 4.98 Å². The summed E-state index contributed by atoms with van der Waals surface area (Å²) in [6, 6.07) is 5.98. The van der Waals surface area contributed by atoms with Gasteiger partial charge in [-0.3, -0.25) is 0 Å². The molecule has 4 nitrogen and oxygen atoms in total. The Hall–Kier alpha value is -1.33. The highest BCUT2D eigenvalue weighted by Gasteiger charge is 2.05. The zero-order valence-corrected chi connectivity index (χ0v) is 12.6. The number of thiazole rings is 1. The third kappa shape index (κ3) is 3.58. The molecule has 0 unspecified atom stereocenters. The van der Waals surface area contributed by atoms with Gasteiger partial charge in [-0.05, 0) is 31.3 Å². The molecular weight excluding hydrogens is 258 g/mol. The van der Waals surface area contributed by atoms with E-state index < -0.39 is 0 Å². The molecule has 0 atom stereocenters. The van der Waals surface area contributed by atoms with Crippen LogP contribution >= 0.6 is 11.3 Å². The lowest BCUT2D eigenvalue weighted by atomic mass is 10.3. The Balaban J connectivity index is 1.97. The lowest BCUT2D eigenvalue weighted by Gasteiger charge is -2.17. The molecule has 5 heteroatoms. The molecule has 104 valence electrons. The Labute approximate surface area is 118 Å². The molecule has 1 N–H and O–H groups in total. The third-order valence-electron chi connectivity index (χ3n) is 3.19. The first kappa shape index (κ1) is 14.1. The summed E-state index contributed by atoms with van der Waals surface area (Å²) < 4.78 is 6.38. The van der Waals surface area contributed by atoms with Crippen LogP contribution in [0.3, 0.4) is 0 Å². The first-order valence-electron chi connectivity index (χ1n) is 6.67. The highest BCUT2D eigenvalue weighted by atomic mass is 32.1. The minimum absolute atomic E-state index is 0.880. The molecular formula is C14H21N3OS. The quantitative estimate of drug-likeness (QED) is 0.845. The molecule has 19 heavy (non-hydrogen) atoms. The van der Waals surface area contributed by atoms with Crippen molar-refractivity contribution >= 4 is 26.7 Å². The Morgan fingerprint density at radius 1 is 1.32 bits per heavy atom. The number of hydrogen-bond donors (Lipinski definition) is 1. The highest BCUT2D eigenvalue weighted by Crippen LogP contribution is 2.28. The Morgan fingerprint density at radius 2 is 2.11 bits per heavy atom. The Morgan fingerprint density at radius 3 is 2.79 bits per heavy atom. The first-order chi connectivity index (χ1) is 9.26. The van der Waals surface area contributed by atoms with Crippen LogP contribution in [-0.4, -0.2) is 43.2 Å². The molecule has 0 saturated heterocycles. The number of fused-ring (bicyclic) bond motifs is 1. The molecule has 0 aliphatic carbocycles. The summed E-state index contributed by atoms with van der Waals surface area (Å²) in [6.45, 7) is 8.54. The van der Waals surface area contributed by atoms with Crippen molar-refractivity contribution < 1.29 is 4.74 Å². The van der Waals surface area contributed by atoms with Gasteiger partial charge >= 0.3 is 0 Å². The van der Waals surface area contributed by atoms with Gasteiger partial charge in [0.05, 0.1) is 17.3 Å². The summed E-state index contributed by atoms with van der Waals surface area (Å²) in [7, 11) is 1.69. The highest BCUT2D eigenvalue weighted by molar-refractivity contribution is 7.22. The first-order valence-corrected chi connectivity index (χ1v) is 7.49. The van der Waals surface area contributed by atoms with Crippen LogP contribution in [-0.2, 0) is 0 Å². The summed E-state index contributed by atoms with van der Waals surface area (Å²) >= 11 is 1.67. The van der Waals surface area contributed by atoms with Gasteiger partial charge in [0.1, 0.15) is 5.75 Å². The maximum atomic E-state index is 5.23. The van der Waals surface area contributed by atoms with Crippen molar-refractivity contribution in [3.63, 3.8) is 0 Å². The van der Waals surface area contributed by atoms with Gasteiger partial charge in [0.15, 0.2) is 5.13 Å².